The molecule has 1 atom stereocenters. The highest BCUT2D eigenvalue weighted by Crippen LogP contribution is 2.28. The van der Waals surface area contributed by atoms with Gasteiger partial charge in [-0.1, -0.05) is 33.6 Å². The number of rotatable bonds is 5. The summed E-state index contributed by atoms with van der Waals surface area (Å²) in [7, 11) is 0. The fraction of sp³-hybridized carbons (Fsp3) is 1.00. The number of nitrogens with two attached hydrogens (primary N) is 1. The first-order chi connectivity index (χ1) is 7.31. The van der Waals surface area contributed by atoms with Crippen LogP contribution in [0.2, 0.25) is 0 Å². The second-order valence-electron chi connectivity index (χ2n) is 7.01. The SMILES string of the molecule is CC(C)(C)CC(N)CCNC1(C)CCCC1. The Kier molecular flexibility index (Phi) is 4.81. The summed E-state index contributed by atoms with van der Waals surface area (Å²) < 4.78 is 0. The van der Waals surface area contributed by atoms with Crippen molar-refractivity contribution in [3.63, 3.8) is 0 Å². The molecule has 1 aliphatic carbocycles. The van der Waals surface area contributed by atoms with Gasteiger partial charge in [-0.2, -0.15) is 0 Å². The summed E-state index contributed by atoms with van der Waals surface area (Å²) in [6, 6.07) is 0.345. The molecule has 0 aromatic rings. The van der Waals surface area contributed by atoms with Crippen molar-refractivity contribution in [2.75, 3.05) is 6.54 Å². The zero-order chi connectivity index (χ0) is 12.2. The van der Waals surface area contributed by atoms with Crippen molar-refractivity contribution in [3.8, 4) is 0 Å². The van der Waals surface area contributed by atoms with E-state index in [2.05, 4.69) is 33.0 Å². The van der Waals surface area contributed by atoms with Crippen LogP contribution in [0.1, 0.15) is 66.2 Å². The van der Waals surface area contributed by atoms with Crippen LogP contribution in [0.4, 0.5) is 0 Å². The first-order valence-electron chi connectivity index (χ1n) is 6.81. The molecule has 1 rings (SSSR count). The van der Waals surface area contributed by atoms with Crippen molar-refractivity contribution in [2.45, 2.75) is 77.8 Å². The fourth-order valence-electron chi connectivity index (χ4n) is 2.78. The highest BCUT2D eigenvalue weighted by Gasteiger charge is 2.27. The van der Waals surface area contributed by atoms with E-state index in [-0.39, 0.29) is 0 Å². The molecule has 0 spiro atoms. The van der Waals surface area contributed by atoms with Crippen molar-refractivity contribution in [1.29, 1.82) is 0 Å². The zero-order valence-electron chi connectivity index (χ0n) is 11.6. The Bertz CT molecular complexity index is 199. The number of nitrogens with one attached hydrogen (secondary N) is 1. The van der Waals surface area contributed by atoms with E-state index in [1.807, 2.05) is 0 Å². The normalized spacial score (nSPS) is 22.3. The standard InChI is InChI=1S/C14H30N2/c1-13(2,3)11-12(15)7-10-16-14(4)8-5-6-9-14/h12,16H,5-11,15H2,1-4H3. The lowest BCUT2D eigenvalue weighted by Gasteiger charge is -2.28. The molecule has 1 fully saturated rings. The highest BCUT2D eigenvalue weighted by atomic mass is 15.0. The Labute approximate surface area is 101 Å². The molecule has 0 aliphatic heterocycles. The van der Waals surface area contributed by atoms with Gasteiger partial charge in [0.1, 0.15) is 0 Å². The van der Waals surface area contributed by atoms with Crippen LogP contribution in [-0.4, -0.2) is 18.1 Å². The molecule has 0 radical (unpaired) electrons. The number of hydrogen-bond donors (Lipinski definition) is 2. The van der Waals surface area contributed by atoms with Gasteiger partial charge in [-0.15, -0.1) is 0 Å². The maximum absolute atomic E-state index is 6.15. The van der Waals surface area contributed by atoms with E-state index in [0.29, 0.717) is 17.0 Å². The Hall–Kier alpha value is -0.0800. The van der Waals surface area contributed by atoms with Gasteiger partial charge in [0.25, 0.3) is 0 Å². The summed E-state index contributed by atoms with van der Waals surface area (Å²) in [5.41, 5.74) is 6.91. The Morgan fingerprint density at radius 1 is 1.25 bits per heavy atom. The fourth-order valence-corrected chi connectivity index (χ4v) is 2.78. The molecular formula is C14H30N2. The Morgan fingerprint density at radius 2 is 1.81 bits per heavy atom. The van der Waals surface area contributed by atoms with Crippen molar-refractivity contribution in [3.05, 3.63) is 0 Å². The summed E-state index contributed by atoms with van der Waals surface area (Å²) in [6.45, 7) is 10.2. The molecule has 96 valence electrons. The van der Waals surface area contributed by atoms with Crippen LogP contribution < -0.4 is 11.1 Å². The molecule has 1 aliphatic rings. The summed E-state index contributed by atoms with van der Waals surface area (Å²) in [5, 5.41) is 3.69. The van der Waals surface area contributed by atoms with Crippen LogP contribution in [0.5, 0.6) is 0 Å². The van der Waals surface area contributed by atoms with Gasteiger partial charge in [0, 0.05) is 11.6 Å². The third-order valence-electron chi connectivity index (χ3n) is 3.65. The van der Waals surface area contributed by atoms with E-state index in [4.69, 9.17) is 5.73 Å². The van der Waals surface area contributed by atoms with Crippen molar-refractivity contribution < 1.29 is 0 Å². The summed E-state index contributed by atoms with van der Waals surface area (Å²) >= 11 is 0. The van der Waals surface area contributed by atoms with Gasteiger partial charge >= 0.3 is 0 Å². The molecule has 2 nitrogen and oxygen atoms in total. The van der Waals surface area contributed by atoms with Crippen LogP contribution >= 0.6 is 0 Å². The van der Waals surface area contributed by atoms with Crippen LogP contribution in [0.25, 0.3) is 0 Å². The number of hydrogen-bond acceptors (Lipinski definition) is 2. The molecule has 0 saturated heterocycles. The first kappa shape index (κ1) is 14.0. The van der Waals surface area contributed by atoms with Crippen LogP contribution in [0, 0.1) is 5.41 Å². The maximum Gasteiger partial charge on any atom is 0.0153 e. The molecule has 0 aromatic carbocycles. The summed E-state index contributed by atoms with van der Waals surface area (Å²) in [5.74, 6) is 0. The van der Waals surface area contributed by atoms with Gasteiger partial charge in [-0.25, -0.2) is 0 Å². The predicted octanol–water partition coefficient (Wildman–Crippen LogP) is 3.06. The molecule has 2 heteroatoms. The minimum atomic E-state index is 0.345. The van der Waals surface area contributed by atoms with Crippen LogP contribution in [0.3, 0.4) is 0 Å². The quantitative estimate of drug-likeness (QED) is 0.756. The highest BCUT2D eigenvalue weighted by molar-refractivity contribution is 4.88. The topological polar surface area (TPSA) is 38.0 Å². The minimum Gasteiger partial charge on any atom is -0.328 e. The van der Waals surface area contributed by atoms with E-state index in [1.165, 1.54) is 25.7 Å². The van der Waals surface area contributed by atoms with Crippen LogP contribution in [-0.2, 0) is 0 Å². The maximum atomic E-state index is 6.15. The smallest absolute Gasteiger partial charge is 0.0153 e. The van der Waals surface area contributed by atoms with E-state index in [0.717, 1.165) is 19.4 Å². The van der Waals surface area contributed by atoms with Gasteiger partial charge in [0.2, 0.25) is 0 Å². The van der Waals surface area contributed by atoms with E-state index >= 15 is 0 Å². The summed E-state index contributed by atoms with van der Waals surface area (Å²) in [6.07, 6.45) is 7.66. The second kappa shape index (κ2) is 5.50. The molecular weight excluding hydrogens is 196 g/mol. The van der Waals surface area contributed by atoms with Gasteiger partial charge < -0.3 is 11.1 Å². The Morgan fingerprint density at radius 3 is 2.31 bits per heavy atom. The lowest BCUT2D eigenvalue weighted by atomic mass is 9.87. The zero-order valence-corrected chi connectivity index (χ0v) is 11.6. The van der Waals surface area contributed by atoms with Crippen molar-refractivity contribution >= 4 is 0 Å². The van der Waals surface area contributed by atoms with Gasteiger partial charge in [0.15, 0.2) is 0 Å². The van der Waals surface area contributed by atoms with Crippen molar-refractivity contribution in [1.82, 2.24) is 5.32 Å². The monoisotopic (exact) mass is 226 g/mol. The van der Waals surface area contributed by atoms with Crippen LogP contribution in [0.15, 0.2) is 0 Å². The lowest BCUT2D eigenvalue weighted by Crippen LogP contribution is -2.42. The first-order valence-corrected chi connectivity index (χ1v) is 6.81. The lowest BCUT2D eigenvalue weighted by molar-refractivity contribution is 0.310. The average molecular weight is 226 g/mol. The van der Waals surface area contributed by atoms with E-state index in [9.17, 15) is 0 Å². The molecule has 1 saturated carbocycles. The second-order valence-corrected chi connectivity index (χ2v) is 7.01. The molecule has 0 heterocycles. The molecule has 1 unspecified atom stereocenters. The molecule has 0 amide bonds. The molecule has 0 aromatic heterocycles. The van der Waals surface area contributed by atoms with Crippen molar-refractivity contribution in [2.24, 2.45) is 11.1 Å². The van der Waals surface area contributed by atoms with E-state index in [1.54, 1.807) is 0 Å². The third-order valence-corrected chi connectivity index (χ3v) is 3.65. The van der Waals surface area contributed by atoms with Gasteiger partial charge in [-0.05, 0) is 44.6 Å². The average Bonchev–Trinajstić information content (AvgIpc) is 2.49. The summed E-state index contributed by atoms with van der Waals surface area (Å²) in [4.78, 5) is 0. The molecule has 0 bridgehead atoms. The van der Waals surface area contributed by atoms with E-state index < -0.39 is 0 Å². The third kappa shape index (κ3) is 5.31. The Balaban J connectivity index is 2.15. The molecule has 16 heavy (non-hydrogen) atoms. The molecule has 3 N–H and O–H groups in total. The minimum absolute atomic E-state index is 0.345. The van der Waals surface area contributed by atoms with Gasteiger partial charge in [0.05, 0.1) is 0 Å². The largest absolute Gasteiger partial charge is 0.328 e. The predicted molar refractivity (Wildman–Crippen MR) is 71.5 cm³/mol. The van der Waals surface area contributed by atoms with Gasteiger partial charge in [-0.3, -0.25) is 0 Å².